The second-order valence-corrected chi connectivity index (χ2v) is 9.21. The van der Waals surface area contributed by atoms with Crippen molar-refractivity contribution >= 4 is 44.0 Å². The maximum absolute atomic E-state index is 12.3. The maximum Gasteiger partial charge on any atom is 0.232 e. The summed E-state index contributed by atoms with van der Waals surface area (Å²) < 4.78 is 33.4. The van der Waals surface area contributed by atoms with Crippen molar-refractivity contribution in [3.63, 3.8) is 0 Å². The molecule has 2 aromatic heterocycles. The second-order valence-electron chi connectivity index (χ2n) is 6.96. The van der Waals surface area contributed by atoms with E-state index >= 15 is 0 Å². The smallest absolute Gasteiger partial charge is 0.232 e. The maximum atomic E-state index is 12.3. The summed E-state index contributed by atoms with van der Waals surface area (Å²) in [5.41, 5.74) is 7.32. The Morgan fingerprint density at radius 1 is 1.03 bits per heavy atom. The van der Waals surface area contributed by atoms with Gasteiger partial charge < -0.3 is 10.5 Å². The van der Waals surface area contributed by atoms with Crippen LogP contribution in [0.25, 0.3) is 22.0 Å². The number of nitrogens with zero attached hydrogens (tertiary/aromatic N) is 3. The first kappa shape index (κ1) is 21.8. The van der Waals surface area contributed by atoms with Gasteiger partial charge in [0.1, 0.15) is 0 Å². The van der Waals surface area contributed by atoms with Gasteiger partial charge in [-0.3, -0.25) is 4.72 Å². The number of pyridine rings is 1. The minimum absolute atomic E-state index is 0.0275. The Bertz CT molecular complexity index is 1400. The van der Waals surface area contributed by atoms with Gasteiger partial charge in [-0.25, -0.2) is 23.4 Å². The van der Waals surface area contributed by atoms with E-state index in [0.717, 1.165) is 0 Å². The zero-order chi connectivity index (χ0) is 22.7. The Morgan fingerprint density at radius 2 is 1.88 bits per heavy atom. The number of hydrogen-bond donors (Lipinski definition) is 2. The van der Waals surface area contributed by atoms with Crippen LogP contribution in [0.2, 0.25) is 5.02 Å². The molecule has 0 spiro atoms. The first-order valence-corrected chi connectivity index (χ1v) is 11.8. The number of hydrogen-bond acceptors (Lipinski definition) is 7. The molecule has 3 N–H and O–H groups in total. The molecule has 164 valence electrons. The van der Waals surface area contributed by atoms with Gasteiger partial charge in [0.25, 0.3) is 0 Å². The van der Waals surface area contributed by atoms with Gasteiger partial charge in [-0.15, -0.1) is 0 Å². The molecule has 2 heterocycles. The molecule has 0 fully saturated rings. The van der Waals surface area contributed by atoms with E-state index < -0.39 is 10.0 Å². The largest absolute Gasteiger partial charge is 0.436 e. The van der Waals surface area contributed by atoms with Crippen LogP contribution in [0, 0.1) is 0 Å². The number of nitrogens with one attached hydrogen (secondary N) is 1. The molecule has 0 aliphatic heterocycles. The number of fused-ring (bicyclic) bond motifs is 1. The summed E-state index contributed by atoms with van der Waals surface area (Å²) >= 11 is 6.47. The third-order valence-electron chi connectivity index (χ3n) is 4.62. The van der Waals surface area contributed by atoms with Gasteiger partial charge in [0.2, 0.25) is 21.9 Å². The van der Waals surface area contributed by atoms with Gasteiger partial charge in [0.15, 0.2) is 5.75 Å². The molecular formula is C22H20ClN5O3S. The van der Waals surface area contributed by atoms with Crippen molar-refractivity contribution in [1.29, 1.82) is 0 Å². The van der Waals surface area contributed by atoms with Crippen LogP contribution in [0.5, 0.6) is 11.6 Å². The third kappa shape index (κ3) is 4.58. The van der Waals surface area contributed by atoms with Crippen molar-refractivity contribution in [3.05, 3.63) is 65.9 Å². The Hall–Kier alpha value is -3.43. The molecule has 0 atom stereocenters. The molecule has 32 heavy (non-hydrogen) atoms. The average Bonchev–Trinajstić information content (AvgIpc) is 2.76. The van der Waals surface area contributed by atoms with Gasteiger partial charge in [-0.1, -0.05) is 36.7 Å². The molecule has 0 aliphatic carbocycles. The number of rotatable bonds is 7. The minimum atomic E-state index is -3.47. The number of aromatic nitrogens is 3. The first-order chi connectivity index (χ1) is 15.4. The highest BCUT2D eigenvalue weighted by Gasteiger charge is 2.17. The van der Waals surface area contributed by atoms with E-state index in [-0.39, 0.29) is 17.6 Å². The summed E-state index contributed by atoms with van der Waals surface area (Å²) in [6.45, 7) is 1.81. The van der Waals surface area contributed by atoms with Crippen LogP contribution >= 0.6 is 11.6 Å². The molecular weight excluding hydrogens is 450 g/mol. The summed E-state index contributed by atoms with van der Waals surface area (Å²) in [5.74, 6) is 0.781. The Kier molecular flexibility index (Phi) is 6.11. The van der Waals surface area contributed by atoms with Crippen molar-refractivity contribution in [2.75, 3.05) is 16.2 Å². The van der Waals surface area contributed by atoms with Gasteiger partial charge in [-0.05, 0) is 36.8 Å². The van der Waals surface area contributed by atoms with Crippen LogP contribution in [0.15, 0.2) is 60.9 Å². The molecule has 0 saturated heterocycles. The van der Waals surface area contributed by atoms with Crippen LogP contribution in [0.1, 0.15) is 13.3 Å². The highest BCUT2D eigenvalue weighted by atomic mass is 35.5. The van der Waals surface area contributed by atoms with Crippen molar-refractivity contribution < 1.29 is 13.2 Å². The number of nitrogen functional groups attached to an aromatic ring is 1. The van der Waals surface area contributed by atoms with Crippen LogP contribution < -0.4 is 15.2 Å². The first-order valence-electron chi connectivity index (χ1n) is 9.81. The van der Waals surface area contributed by atoms with E-state index in [1.54, 1.807) is 60.9 Å². The Morgan fingerprint density at radius 3 is 2.66 bits per heavy atom. The molecule has 2 aromatic carbocycles. The molecule has 4 aromatic rings. The summed E-state index contributed by atoms with van der Waals surface area (Å²) in [5, 5.41) is 1.63. The van der Waals surface area contributed by atoms with Crippen molar-refractivity contribution in [1.82, 2.24) is 15.0 Å². The van der Waals surface area contributed by atoms with Crippen molar-refractivity contribution in [2.24, 2.45) is 0 Å². The molecule has 0 aliphatic rings. The van der Waals surface area contributed by atoms with E-state index in [9.17, 15) is 8.42 Å². The van der Waals surface area contributed by atoms with Gasteiger partial charge in [0, 0.05) is 23.2 Å². The highest BCUT2D eigenvalue weighted by molar-refractivity contribution is 7.92. The minimum Gasteiger partial charge on any atom is -0.436 e. The highest BCUT2D eigenvalue weighted by Crippen LogP contribution is 2.41. The fourth-order valence-corrected chi connectivity index (χ4v) is 4.63. The number of anilines is 2. The molecule has 0 radical (unpaired) electrons. The molecule has 4 rings (SSSR count). The predicted octanol–water partition coefficient (Wildman–Crippen LogP) is 4.87. The molecule has 0 bridgehead atoms. The SMILES string of the molecule is CCCS(=O)(=O)Nc1cccc2c(Oc3ncccc3-c3ccnc(N)n3)c(Cl)ccc12. The van der Waals surface area contributed by atoms with Crippen LogP contribution in [0.3, 0.4) is 0 Å². The lowest BCUT2D eigenvalue weighted by atomic mass is 10.1. The molecule has 0 amide bonds. The molecule has 0 saturated carbocycles. The van der Waals surface area contributed by atoms with Crippen LogP contribution in [0.4, 0.5) is 11.6 Å². The molecule has 8 nitrogen and oxygen atoms in total. The van der Waals surface area contributed by atoms with Crippen molar-refractivity contribution in [2.45, 2.75) is 13.3 Å². The van der Waals surface area contributed by atoms with Gasteiger partial charge in [-0.2, -0.15) is 0 Å². The summed E-state index contributed by atoms with van der Waals surface area (Å²) in [7, 11) is -3.47. The summed E-state index contributed by atoms with van der Waals surface area (Å²) in [6, 6.07) is 13.9. The summed E-state index contributed by atoms with van der Waals surface area (Å²) in [6.07, 6.45) is 3.65. The lowest BCUT2D eigenvalue weighted by Crippen LogP contribution is -2.16. The van der Waals surface area contributed by atoms with E-state index in [1.807, 2.05) is 6.92 Å². The number of halogens is 1. The predicted molar refractivity (Wildman–Crippen MR) is 126 cm³/mol. The van der Waals surface area contributed by atoms with E-state index in [1.165, 1.54) is 0 Å². The fraction of sp³-hybridized carbons (Fsp3) is 0.136. The number of benzene rings is 2. The van der Waals surface area contributed by atoms with E-state index in [2.05, 4.69) is 19.7 Å². The quantitative estimate of drug-likeness (QED) is 0.396. The number of sulfonamides is 1. The molecule has 10 heteroatoms. The second kappa shape index (κ2) is 8.97. The number of nitrogens with two attached hydrogens (primary N) is 1. The lowest BCUT2D eigenvalue weighted by Gasteiger charge is -2.15. The van der Waals surface area contributed by atoms with Crippen LogP contribution in [-0.4, -0.2) is 29.1 Å². The van der Waals surface area contributed by atoms with Gasteiger partial charge >= 0.3 is 0 Å². The zero-order valence-electron chi connectivity index (χ0n) is 17.1. The Labute approximate surface area is 190 Å². The van der Waals surface area contributed by atoms with E-state index in [0.29, 0.717) is 44.9 Å². The summed E-state index contributed by atoms with van der Waals surface area (Å²) in [4.78, 5) is 12.5. The standard InChI is InChI=1S/C22H20ClN5O3S/c1-2-13-32(29,30)28-19-7-3-5-15-14(19)8-9-17(23)20(15)31-21-16(6-4-11-25-21)18-10-12-26-22(24)27-18/h3-12,28H,2,13H2,1H3,(H2,24,26,27). The third-order valence-corrected chi connectivity index (χ3v) is 6.40. The zero-order valence-corrected chi connectivity index (χ0v) is 18.7. The van der Waals surface area contributed by atoms with Gasteiger partial charge in [0.05, 0.1) is 27.7 Å². The normalized spacial score (nSPS) is 11.4. The monoisotopic (exact) mass is 469 g/mol. The van der Waals surface area contributed by atoms with Crippen LogP contribution in [-0.2, 0) is 10.0 Å². The average molecular weight is 470 g/mol. The number of ether oxygens (including phenoxy) is 1. The van der Waals surface area contributed by atoms with Crippen molar-refractivity contribution in [3.8, 4) is 22.9 Å². The Balaban J connectivity index is 1.80. The topological polar surface area (TPSA) is 120 Å². The molecule has 0 unspecified atom stereocenters. The lowest BCUT2D eigenvalue weighted by molar-refractivity contribution is 0.470. The fourth-order valence-electron chi connectivity index (χ4n) is 3.27. The van der Waals surface area contributed by atoms with E-state index in [4.69, 9.17) is 22.1 Å².